The summed E-state index contributed by atoms with van der Waals surface area (Å²) >= 11 is 5.57. The summed E-state index contributed by atoms with van der Waals surface area (Å²) in [6, 6.07) is 13.3. The number of ether oxygens (including phenoxy) is 3. The molecule has 0 radical (unpaired) electrons. The van der Waals surface area contributed by atoms with Gasteiger partial charge in [0.15, 0.2) is 16.6 Å². The van der Waals surface area contributed by atoms with Crippen molar-refractivity contribution in [1.29, 1.82) is 0 Å². The van der Waals surface area contributed by atoms with Crippen LogP contribution in [0.15, 0.2) is 42.5 Å². The molecule has 152 valence electrons. The maximum Gasteiger partial charge on any atom is 0.337 e. The Balaban J connectivity index is 1.26. The molecule has 0 spiro atoms. The van der Waals surface area contributed by atoms with Gasteiger partial charge in [0, 0.05) is 11.3 Å². The lowest BCUT2D eigenvalue weighted by molar-refractivity contribution is -0.917. The molecule has 1 fully saturated rings. The number of rotatable bonds is 4. The summed E-state index contributed by atoms with van der Waals surface area (Å²) in [5.41, 5.74) is 2.63. The topological polar surface area (TPSA) is 64.5 Å². The number of fused-ring (bicyclic) bond motifs is 1. The van der Waals surface area contributed by atoms with Crippen LogP contribution in [0.4, 0.5) is 5.69 Å². The number of hydrogen-bond acceptors (Lipinski definition) is 5. The molecule has 2 aliphatic heterocycles. The monoisotopic (exact) mass is 414 g/mol. The zero-order valence-electron chi connectivity index (χ0n) is 16.3. The van der Waals surface area contributed by atoms with E-state index in [-0.39, 0.29) is 5.97 Å². The Morgan fingerprint density at radius 1 is 1.14 bits per heavy atom. The number of benzene rings is 2. The first kappa shape index (κ1) is 19.5. The maximum atomic E-state index is 11.5. The molecule has 0 bridgehead atoms. The van der Waals surface area contributed by atoms with Gasteiger partial charge in [-0.15, -0.1) is 0 Å². The number of anilines is 1. The molecule has 0 saturated carbocycles. The maximum absolute atomic E-state index is 11.5. The van der Waals surface area contributed by atoms with Crippen molar-refractivity contribution in [2.75, 3.05) is 45.4 Å². The minimum atomic E-state index is -0.347. The van der Waals surface area contributed by atoms with Crippen LogP contribution in [-0.4, -0.2) is 56.1 Å². The number of carbonyl (C=O) groups is 1. The molecule has 4 rings (SSSR count). The lowest BCUT2D eigenvalue weighted by atomic mass is 10.1. The number of nitrogens with one attached hydrogen (secondary N) is 2. The molecule has 0 unspecified atom stereocenters. The second-order valence-electron chi connectivity index (χ2n) is 7.10. The number of carbonyl (C=O) groups excluding carboxylic acids is 1. The molecule has 29 heavy (non-hydrogen) atoms. The Morgan fingerprint density at radius 2 is 1.86 bits per heavy atom. The highest BCUT2D eigenvalue weighted by molar-refractivity contribution is 7.80. The van der Waals surface area contributed by atoms with Crippen LogP contribution in [0.25, 0.3) is 0 Å². The molecule has 2 aromatic carbocycles. The first-order chi connectivity index (χ1) is 14.1. The van der Waals surface area contributed by atoms with Crippen molar-refractivity contribution in [3.05, 3.63) is 53.6 Å². The van der Waals surface area contributed by atoms with E-state index in [0.717, 1.165) is 49.9 Å². The van der Waals surface area contributed by atoms with Gasteiger partial charge in [0.2, 0.25) is 6.79 Å². The molecule has 0 amide bonds. The Morgan fingerprint density at radius 3 is 2.59 bits per heavy atom. The van der Waals surface area contributed by atoms with Crippen molar-refractivity contribution in [1.82, 2.24) is 4.90 Å². The Hall–Kier alpha value is -2.84. The van der Waals surface area contributed by atoms with Crippen LogP contribution in [0.5, 0.6) is 11.5 Å². The molecule has 7 nitrogen and oxygen atoms in total. The molecule has 2 aliphatic rings. The van der Waals surface area contributed by atoms with Gasteiger partial charge >= 0.3 is 5.97 Å². The van der Waals surface area contributed by atoms with Gasteiger partial charge in [-0.05, 0) is 54.7 Å². The predicted molar refractivity (Wildman–Crippen MR) is 113 cm³/mol. The fourth-order valence-corrected chi connectivity index (χ4v) is 3.85. The van der Waals surface area contributed by atoms with Gasteiger partial charge in [-0.25, -0.2) is 4.79 Å². The minimum absolute atomic E-state index is 0.306. The van der Waals surface area contributed by atoms with Crippen LogP contribution in [0.3, 0.4) is 0 Å². The second-order valence-corrected chi connectivity index (χ2v) is 7.49. The molecular formula is C21H24N3O4S+. The summed E-state index contributed by atoms with van der Waals surface area (Å²) in [6.07, 6.45) is 0. The average Bonchev–Trinajstić information content (AvgIpc) is 3.22. The second kappa shape index (κ2) is 8.67. The van der Waals surface area contributed by atoms with E-state index >= 15 is 0 Å². The molecule has 2 N–H and O–H groups in total. The van der Waals surface area contributed by atoms with E-state index in [0.29, 0.717) is 17.5 Å². The third-order valence-electron chi connectivity index (χ3n) is 5.21. The Bertz CT molecular complexity index is 895. The molecule has 0 atom stereocenters. The zero-order valence-corrected chi connectivity index (χ0v) is 17.1. The quantitative estimate of drug-likeness (QED) is 0.578. The first-order valence-electron chi connectivity index (χ1n) is 9.59. The highest BCUT2D eigenvalue weighted by atomic mass is 32.1. The van der Waals surface area contributed by atoms with Gasteiger partial charge in [-0.3, -0.25) is 0 Å². The van der Waals surface area contributed by atoms with Crippen LogP contribution in [-0.2, 0) is 11.3 Å². The summed E-state index contributed by atoms with van der Waals surface area (Å²) in [7, 11) is 1.37. The SMILES string of the molecule is COC(=O)c1ccc(NC(=S)N2CC[NH+](Cc3ccc4c(c3)OCO4)CC2)cc1. The first-order valence-corrected chi connectivity index (χ1v) is 9.99. The third kappa shape index (κ3) is 4.60. The van der Waals surface area contributed by atoms with Crippen molar-refractivity contribution < 1.29 is 23.9 Å². The summed E-state index contributed by atoms with van der Waals surface area (Å²) in [4.78, 5) is 15.2. The van der Waals surface area contributed by atoms with Gasteiger partial charge in [-0.2, -0.15) is 0 Å². The van der Waals surface area contributed by atoms with E-state index in [1.165, 1.54) is 17.6 Å². The highest BCUT2D eigenvalue weighted by Gasteiger charge is 2.23. The fraction of sp³-hybridized carbons (Fsp3) is 0.333. The van der Waals surface area contributed by atoms with Gasteiger partial charge < -0.3 is 29.3 Å². The van der Waals surface area contributed by atoms with Crippen LogP contribution in [0.2, 0.25) is 0 Å². The van der Waals surface area contributed by atoms with Crippen LogP contribution in [0, 0.1) is 0 Å². The van der Waals surface area contributed by atoms with Gasteiger partial charge in [0.1, 0.15) is 6.54 Å². The van der Waals surface area contributed by atoms with Gasteiger partial charge in [0.05, 0.1) is 38.9 Å². The van der Waals surface area contributed by atoms with Gasteiger partial charge in [0.25, 0.3) is 0 Å². The number of thiocarbonyl (C=S) groups is 1. The van der Waals surface area contributed by atoms with Crippen molar-refractivity contribution in [3.63, 3.8) is 0 Å². The number of esters is 1. The molecule has 0 aliphatic carbocycles. The van der Waals surface area contributed by atoms with Crippen LogP contribution >= 0.6 is 12.2 Å². The largest absolute Gasteiger partial charge is 0.465 e. The van der Waals surface area contributed by atoms with Crippen molar-refractivity contribution in [2.24, 2.45) is 0 Å². The third-order valence-corrected chi connectivity index (χ3v) is 5.57. The molecule has 0 aromatic heterocycles. The standard InChI is InChI=1S/C21H23N3O4S/c1-26-20(25)16-3-5-17(6-4-16)22-21(29)24-10-8-23(9-11-24)13-15-2-7-18-19(12-15)28-14-27-18/h2-7,12H,8-11,13-14H2,1H3,(H,22,29)/p+1. The van der Waals surface area contributed by atoms with E-state index in [1.807, 2.05) is 18.2 Å². The van der Waals surface area contributed by atoms with E-state index in [9.17, 15) is 4.79 Å². The predicted octanol–water partition coefficient (Wildman–Crippen LogP) is 1.30. The van der Waals surface area contributed by atoms with Crippen LogP contribution < -0.4 is 19.7 Å². The molecule has 2 aromatic rings. The summed E-state index contributed by atoms with van der Waals surface area (Å²) < 4.78 is 15.6. The lowest BCUT2D eigenvalue weighted by Crippen LogP contribution is -3.13. The highest BCUT2D eigenvalue weighted by Crippen LogP contribution is 2.32. The fourth-order valence-electron chi connectivity index (χ4n) is 3.55. The van der Waals surface area contributed by atoms with Gasteiger partial charge in [-0.1, -0.05) is 0 Å². The molecule has 2 heterocycles. The zero-order chi connectivity index (χ0) is 20.2. The normalized spacial score (nSPS) is 15.8. The summed E-state index contributed by atoms with van der Waals surface area (Å²) in [5.74, 6) is 1.31. The lowest BCUT2D eigenvalue weighted by Gasteiger charge is -2.34. The van der Waals surface area contributed by atoms with Crippen LogP contribution in [0.1, 0.15) is 15.9 Å². The van der Waals surface area contributed by atoms with Crippen molar-refractivity contribution in [2.45, 2.75) is 6.54 Å². The Labute approximate surface area is 175 Å². The minimum Gasteiger partial charge on any atom is -0.465 e. The number of piperazine rings is 1. The molecule has 8 heteroatoms. The number of hydrogen-bond donors (Lipinski definition) is 2. The molecular weight excluding hydrogens is 390 g/mol. The Kier molecular flexibility index (Phi) is 5.82. The average molecular weight is 415 g/mol. The summed E-state index contributed by atoms with van der Waals surface area (Å²) in [5, 5.41) is 3.96. The smallest absolute Gasteiger partial charge is 0.337 e. The van der Waals surface area contributed by atoms with E-state index in [4.69, 9.17) is 26.4 Å². The summed E-state index contributed by atoms with van der Waals surface area (Å²) in [6.45, 7) is 5.08. The van der Waals surface area contributed by atoms with E-state index in [1.54, 1.807) is 12.1 Å². The molecule has 1 saturated heterocycles. The van der Waals surface area contributed by atoms with Crippen molar-refractivity contribution >= 4 is 29.0 Å². The van der Waals surface area contributed by atoms with E-state index < -0.39 is 0 Å². The number of quaternary nitrogens is 1. The van der Waals surface area contributed by atoms with E-state index in [2.05, 4.69) is 22.3 Å². The number of nitrogens with zero attached hydrogens (tertiary/aromatic N) is 1. The van der Waals surface area contributed by atoms with Crippen molar-refractivity contribution in [3.8, 4) is 11.5 Å². The number of methoxy groups -OCH3 is 1.